The van der Waals surface area contributed by atoms with Gasteiger partial charge in [-0.15, -0.1) is 0 Å². The molecular weight excluding hydrogens is 454 g/mol. The summed E-state index contributed by atoms with van der Waals surface area (Å²) in [4.78, 5) is 26.7. The number of hydrogen-bond donors (Lipinski definition) is 2. The molecule has 4 aromatic rings. The average Bonchev–Trinajstić information content (AvgIpc) is 2.87. The van der Waals surface area contributed by atoms with Crippen LogP contribution in [0.2, 0.25) is 0 Å². The van der Waals surface area contributed by atoms with Crippen molar-refractivity contribution in [2.45, 2.75) is 33.9 Å². The summed E-state index contributed by atoms with van der Waals surface area (Å²) in [5.41, 5.74) is 5.67. The number of aryl methyl sites for hydroxylation is 3. The molecule has 0 atom stereocenters. The van der Waals surface area contributed by atoms with Crippen LogP contribution in [0.25, 0.3) is 10.9 Å². The van der Waals surface area contributed by atoms with Crippen LogP contribution in [0.4, 0.5) is 11.4 Å². The molecule has 186 valence electrons. The number of nitrogens with one attached hydrogen (secondary N) is 2. The molecule has 0 fully saturated rings. The Morgan fingerprint density at radius 2 is 1.53 bits per heavy atom. The van der Waals surface area contributed by atoms with Crippen LogP contribution >= 0.6 is 0 Å². The quantitative estimate of drug-likeness (QED) is 0.359. The third-order valence-corrected chi connectivity index (χ3v) is 6.18. The topological polar surface area (TPSA) is 81.6 Å². The predicted molar refractivity (Wildman–Crippen MR) is 144 cm³/mol. The number of anilines is 2. The van der Waals surface area contributed by atoms with Crippen molar-refractivity contribution < 1.29 is 14.3 Å². The second-order valence-corrected chi connectivity index (χ2v) is 8.91. The van der Waals surface area contributed by atoms with E-state index >= 15 is 0 Å². The Kier molecular flexibility index (Phi) is 7.29. The Bertz CT molecular complexity index is 1470. The molecule has 0 aliphatic heterocycles. The van der Waals surface area contributed by atoms with E-state index in [-0.39, 0.29) is 18.0 Å². The lowest BCUT2D eigenvalue weighted by molar-refractivity contribution is -0.116. The summed E-state index contributed by atoms with van der Waals surface area (Å²) in [5, 5.41) is 7.03. The number of ether oxygens (including phenoxy) is 2. The molecule has 0 aliphatic rings. The third-order valence-electron chi connectivity index (χ3n) is 6.18. The number of benzene rings is 3. The number of rotatable bonds is 8. The van der Waals surface area contributed by atoms with Crippen molar-refractivity contribution in [2.24, 2.45) is 0 Å². The molecule has 3 aromatic carbocycles. The molecule has 1 aromatic heterocycles. The van der Waals surface area contributed by atoms with Crippen molar-refractivity contribution >= 4 is 28.2 Å². The maximum Gasteiger partial charge on any atom is 0.256 e. The maximum absolute atomic E-state index is 13.6. The van der Waals surface area contributed by atoms with E-state index in [9.17, 15) is 9.59 Å². The smallest absolute Gasteiger partial charge is 0.256 e. The Morgan fingerprint density at radius 1 is 0.861 bits per heavy atom. The molecule has 0 radical (unpaired) electrons. The van der Waals surface area contributed by atoms with Gasteiger partial charge in [0.15, 0.2) is 11.5 Å². The lowest BCUT2D eigenvalue weighted by atomic mass is 10.1. The monoisotopic (exact) mass is 485 g/mol. The van der Waals surface area contributed by atoms with Crippen molar-refractivity contribution in [3.8, 4) is 11.5 Å². The molecule has 7 nitrogen and oxygen atoms in total. The maximum atomic E-state index is 13.6. The molecule has 0 saturated carbocycles. The van der Waals surface area contributed by atoms with Gasteiger partial charge in [0.1, 0.15) is 6.54 Å². The largest absolute Gasteiger partial charge is 0.493 e. The second-order valence-electron chi connectivity index (χ2n) is 8.91. The fourth-order valence-corrected chi connectivity index (χ4v) is 4.12. The minimum atomic E-state index is -0.287. The number of amides is 1. The zero-order chi connectivity index (χ0) is 25.8. The van der Waals surface area contributed by atoms with Gasteiger partial charge >= 0.3 is 0 Å². The predicted octanol–water partition coefficient (Wildman–Crippen LogP) is 5.19. The molecule has 7 heteroatoms. The third kappa shape index (κ3) is 5.35. The van der Waals surface area contributed by atoms with E-state index in [0.717, 1.165) is 33.5 Å². The van der Waals surface area contributed by atoms with Crippen LogP contribution in [0.15, 0.2) is 65.5 Å². The van der Waals surface area contributed by atoms with Gasteiger partial charge in [0.05, 0.1) is 19.7 Å². The van der Waals surface area contributed by atoms with Crippen molar-refractivity contribution in [3.63, 3.8) is 0 Å². The van der Waals surface area contributed by atoms with Crippen molar-refractivity contribution in [3.05, 3.63) is 93.3 Å². The summed E-state index contributed by atoms with van der Waals surface area (Å²) in [7, 11) is 3.11. The van der Waals surface area contributed by atoms with Gasteiger partial charge in [0, 0.05) is 34.9 Å². The normalized spacial score (nSPS) is 10.8. The highest BCUT2D eigenvalue weighted by Crippen LogP contribution is 2.32. The Hall–Kier alpha value is -4.26. The summed E-state index contributed by atoms with van der Waals surface area (Å²) in [6.45, 7) is 6.10. The molecule has 0 saturated heterocycles. The summed E-state index contributed by atoms with van der Waals surface area (Å²) in [5.74, 6) is 0.747. The van der Waals surface area contributed by atoms with Crippen LogP contribution in [0.3, 0.4) is 0 Å². The van der Waals surface area contributed by atoms with Gasteiger partial charge in [-0.1, -0.05) is 29.8 Å². The van der Waals surface area contributed by atoms with E-state index in [1.54, 1.807) is 20.3 Å². The first-order valence-electron chi connectivity index (χ1n) is 11.7. The molecule has 0 spiro atoms. The molecule has 2 N–H and O–H groups in total. The standard InChI is InChI=1S/C29H31N3O4/c1-18-7-10-23(11-8-18)30-16-22-13-21-14-26(35-4)27(36-5)15-25(21)32(29(22)34)17-28(33)31-24-12-19(2)6-9-20(24)3/h6-15,30H,16-17H2,1-5H3,(H,31,33). The number of carbonyl (C=O) groups is 1. The summed E-state index contributed by atoms with van der Waals surface area (Å²) in [6, 6.07) is 19.2. The van der Waals surface area contributed by atoms with Crippen LogP contribution in [0.5, 0.6) is 11.5 Å². The van der Waals surface area contributed by atoms with Gasteiger partial charge in [0.2, 0.25) is 5.91 Å². The first kappa shape index (κ1) is 24.9. The minimum absolute atomic E-state index is 0.142. The number of hydrogen-bond acceptors (Lipinski definition) is 5. The first-order valence-corrected chi connectivity index (χ1v) is 11.7. The lowest BCUT2D eigenvalue weighted by Crippen LogP contribution is -2.31. The molecule has 1 amide bonds. The van der Waals surface area contributed by atoms with Crippen LogP contribution < -0.4 is 25.7 Å². The van der Waals surface area contributed by atoms with Crippen LogP contribution in [-0.2, 0) is 17.9 Å². The minimum Gasteiger partial charge on any atom is -0.493 e. The number of methoxy groups -OCH3 is 2. The van der Waals surface area contributed by atoms with Gasteiger partial charge in [-0.05, 0) is 62.2 Å². The second kappa shape index (κ2) is 10.6. The number of nitrogens with zero attached hydrogens (tertiary/aromatic N) is 1. The summed E-state index contributed by atoms with van der Waals surface area (Å²) >= 11 is 0. The van der Waals surface area contributed by atoms with E-state index in [4.69, 9.17) is 9.47 Å². The van der Waals surface area contributed by atoms with E-state index < -0.39 is 0 Å². The van der Waals surface area contributed by atoms with Gasteiger partial charge in [-0.2, -0.15) is 0 Å². The van der Waals surface area contributed by atoms with Crippen molar-refractivity contribution in [2.75, 3.05) is 24.9 Å². The Balaban J connectivity index is 1.73. The molecule has 4 rings (SSSR count). The molecule has 0 aliphatic carbocycles. The van der Waals surface area contributed by atoms with E-state index in [0.29, 0.717) is 29.1 Å². The van der Waals surface area contributed by atoms with Crippen LogP contribution in [0.1, 0.15) is 22.3 Å². The van der Waals surface area contributed by atoms with Gasteiger partial charge in [-0.25, -0.2) is 0 Å². The Morgan fingerprint density at radius 3 is 2.22 bits per heavy atom. The fraction of sp³-hybridized carbons (Fsp3) is 0.241. The average molecular weight is 486 g/mol. The highest BCUT2D eigenvalue weighted by Gasteiger charge is 2.16. The number of carbonyl (C=O) groups excluding carboxylic acids is 1. The first-order chi connectivity index (χ1) is 17.3. The molecule has 1 heterocycles. The SMILES string of the molecule is COc1cc2cc(CNc3ccc(C)cc3)c(=O)n(CC(=O)Nc3cc(C)ccc3C)c2cc1OC. The Labute approximate surface area is 210 Å². The molecule has 36 heavy (non-hydrogen) atoms. The zero-order valence-electron chi connectivity index (χ0n) is 21.3. The number of aromatic nitrogens is 1. The number of pyridine rings is 1. The van der Waals surface area contributed by atoms with E-state index in [2.05, 4.69) is 10.6 Å². The van der Waals surface area contributed by atoms with Crippen LogP contribution in [0, 0.1) is 20.8 Å². The van der Waals surface area contributed by atoms with E-state index in [1.807, 2.05) is 75.4 Å². The number of fused-ring (bicyclic) bond motifs is 1. The van der Waals surface area contributed by atoms with Crippen LogP contribution in [-0.4, -0.2) is 24.7 Å². The highest BCUT2D eigenvalue weighted by molar-refractivity contribution is 5.93. The van der Waals surface area contributed by atoms with E-state index in [1.165, 1.54) is 4.57 Å². The molecular formula is C29H31N3O4. The van der Waals surface area contributed by atoms with Crippen molar-refractivity contribution in [1.29, 1.82) is 0 Å². The summed E-state index contributed by atoms with van der Waals surface area (Å²) in [6.07, 6.45) is 0. The molecule has 0 bridgehead atoms. The summed E-state index contributed by atoms with van der Waals surface area (Å²) < 4.78 is 12.4. The van der Waals surface area contributed by atoms with Gasteiger partial charge in [0.25, 0.3) is 5.56 Å². The lowest BCUT2D eigenvalue weighted by Gasteiger charge is -2.17. The molecule has 0 unspecified atom stereocenters. The fourth-order valence-electron chi connectivity index (χ4n) is 4.12. The highest BCUT2D eigenvalue weighted by atomic mass is 16.5. The van der Waals surface area contributed by atoms with Gasteiger partial charge in [-0.3, -0.25) is 14.2 Å². The van der Waals surface area contributed by atoms with Gasteiger partial charge < -0.3 is 20.1 Å². The zero-order valence-corrected chi connectivity index (χ0v) is 21.3. The van der Waals surface area contributed by atoms with Crippen molar-refractivity contribution in [1.82, 2.24) is 4.57 Å².